The number of carbonyl (C=O) groups is 1. The van der Waals surface area contributed by atoms with Crippen molar-refractivity contribution in [3.63, 3.8) is 0 Å². The Bertz CT molecular complexity index is 1020. The van der Waals surface area contributed by atoms with E-state index in [9.17, 15) is 15.2 Å². The van der Waals surface area contributed by atoms with Gasteiger partial charge in [-0.15, -0.1) is 11.3 Å². The average molecular weight is 440 g/mol. The number of nitrogens with zero attached hydrogens (tertiary/aromatic N) is 2. The Kier molecular flexibility index (Phi) is 6.01. The molecule has 3 rings (SSSR count). The van der Waals surface area contributed by atoms with Crippen molar-refractivity contribution < 1.29 is 9.90 Å². The van der Waals surface area contributed by atoms with Gasteiger partial charge in [0, 0.05) is 22.0 Å². The van der Waals surface area contributed by atoms with Crippen molar-refractivity contribution >= 4 is 44.4 Å². The van der Waals surface area contributed by atoms with Gasteiger partial charge in [0.25, 0.3) is 5.91 Å². The van der Waals surface area contributed by atoms with Crippen LogP contribution in [0, 0.1) is 11.3 Å². The molecule has 0 aliphatic rings. The van der Waals surface area contributed by atoms with Gasteiger partial charge >= 0.3 is 0 Å². The quantitative estimate of drug-likeness (QED) is 0.443. The van der Waals surface area contributed by atoms with Crippen molar-refractivity contribution in [2.45, 2.75) is 6.42 Å². The summed E-state index contributed by atoms with van der Waals surface area (Å²) in [6.45, 7) is 0. The van der Waals surface area contributed by atoms with E-state index in [-0.39, 0.29) is 11.3 Å². The molecule has 1 heterocycles. The number of phenols is 1. The number of carbonyl (C=O) groups excluding carboxylic acids is 1. The van der Waals surface area contributed by atoms with Crippen molar-refractivity contribution in [3.8, 4) is 11.8 Å². The fraction of sp³-hybridized carbons (Fsp3) is 0.0500. The normalized spacial score (nSPS) is 11.0. The molecule has 0 unspecified atom stereocenters. The number of benzene rings is 2. The summed E-state index contributed by atoms with van der Waals surface area (Å²) in [6, 6.07) is 16.1. The first-order chi connectivity index (χ1) is 13.0. The average Bonchev–Trinajstić information content (AvgIpc) is 3.10. The fourth-order valence-electron chi connectivity index (χ4n) is 2.30. The highest BCUT2D eigenvalue weighted by Crippen LogP contribution is 2.23. The monoisotopic (exact) mass is 439 g/mol. The zero-order valence-corrected chi connectivity index (χ0v) is 16.4. The van der Waals surface area contributed by atoms with Crippen LogP contribution < -0.4 is 5.32 Å². The molecule has 0 saturated carbocycles. The number of aromatic nitrogens is 1. The van der Waals surface area contributed by atoms with Gasteiger partial charge in [-0.3, -0.25) is 10.1 Å². The molecule has 2 N–H and O–H groups in total. The highest BCUT2D eigenvalue weighted by Gasteiger charge is 2.12. The number of nitriles is 1. The zero-order chi connectivity index (χ0) is 19.2. The van der Waals surface area contributed by atoms with Crippen LogP contribution in [-0.4, -0.2) is 16.0 Å². The first-order valence-electron chi connectivity index (χ1n) is 7.95. The zero-order valence-electron chi connectivity index (χ0n) is 14.0. The van der Waals surface area contributed by atoms with Crippen molar-refractivity contribution in [2.75, 3.05) is 5.32 Å². The SMILES string of the molecule is N#C/C(=C\c1ccc(O)cc1)C(=O)Nc1ncc(Cc2ccc(Br)cc2)s1. The topological polar surface area (TPSA) is 86.0 Å². The molecule has 1 aromatic heterocycles. The molecule has 0 radical (unpaired) electrons. The summed E-state index contributed by atoms with van der Waals surface area (Å²) < 4.78 is 1.02. The van der Waals surface area contributed by atoms with Gasteiger partial charge in [-0.25, -0.2) is 4.98 Å². The van der Waals surface area contributed by atoms with Gasteiger partial charge in [0.2, 0.25) is 0 Å². The van der Waals surface area contributed by atoms with E-state index < -0.39 is 5.91 Å². The largest absolute Gasteiger partial charge is 0.508 e. The number of anilines is 1. The molecule has 0 bridgehead atoms. The van der Waals surface area contributed by atoms with Crippen LogP contribution in [0.2, 0.25) is 0 Å². The van der Waals surface area contributed by atoms with Crippen LogP contribution in [0.4, 0.5) is 5.13 Å². The first kappa shape index (κ1) is 18.8. The number of thiazole rings is 1. The second-order valence-corrected chi connectivity index (χ2v) is 7.68. The molecule has 1 amide bonds. The van der Waals surface area contributed by atoms with Crippen LogP contribution in [0.5, 0.6) is 5.75 Å². The summed E-state index contributed by atoms with van der Waals surface area (Å²) in [7, 11) is 0. The van der Waals surface area contributed by atoms with Gasteiger partial charge in [0.15, 0.2) is 5.13 Å². The molecule has 27 heavy (non-hydrogen) atoms. The molecule has 5 nitrogen and oxygen atoms in total. The molecular weight excluding hydrogens is 426 g/mol. The van der Waals surface area contributed by atoms with Gasteiger partial charge in [0.05, 0.1) is 0 Å². The number of hydrogen-bond acceptors (Lipinski definition) is 5. The third kappa shape index (κ3) is 5.26. The van der Waals surface area contributed by atoms with Crippen molar-refractivity contribution in [1.29, 1.82) is 5.26 Å². The number of hydrogen-bond donors (Lipinski definition) is 2. The molecule has 2 aromatic carbocycles. The highest BCUT2D eigenvalue weighted by atomic mass is 79.9. The fourth-order valence-corrected chi connectivity index (χ4v) is 3.41. The Morgan fingerprint density at radius 3 is 2.59 bits per heavy atom. The maximum atomic E-state index is 12.3. The predicted molar refractivity (Wildman–Crippen MR) is 109 cm³/mol. The number of halogens is 1. The van der Waals surface area contributed by atoms with Crippen molar-refractivity contribution in [1.82, 2.24) is 4.98 Å². The first-order valence-corrected chi connectivity index (χ1v) is 9.56. The van der Waals surface area contributed by atoms with Gasteiger partial charge in [0.1, 0.15) is 17.4 Å². The van der Waals surface area contributed by atoms with E-state index in [0.717, 1.165) is 21.3 Å². The Labute approximate surface area is 168 Å². The van der Waals surface area contributed by atoms with Crippen molar-refractivity contribution in [2.24, 2.45) is 0 Å². The Morgan fingerprint density at radius 2 is 1.93 bits per heavy atom. The lowest BCUT2D eigenvalue weighted by atomic mass is 10.1. The minimum atomic E-state index is -0.518. The number of nitrogens with one attached hydrogen (secondary N) is 1. The van der Waals surface area contributed by atoms with Gasteiger partial charge < -0.3 is 5.11 Å². The van der Waals surface area contributed by atoms with Crippen LogP contribution in [0.25, 0.3) is 6.08 Å². The van der Waals surface area contributed by atoms with Gasteiger partial charge in [-0.05, 0) is 41.5 Å². The maximum absolute atomic E-state index is 12.3. The van der Waals surface area contributed by atoms with Crippen LogP contribution in [-0.2, 0) is 11.2 Å². The van der Waals surface area contributed by atoms with E-state index in [0.29, 0.717) is 10.7 Å². The Hall–Kier alpha value is -2.95. The second-order valence-electron chi connectivity index (χ2n) is 5.65. The standard InChI is InChI=1S/C20H14BrN3O2S/c21-16-5-1-14(2-6-16)10-18-12-23-20(27-18)24-19(26)15(11-22)9-13-3-7-17(25)8-4-13/h1-9,12,25H,10H2,(H,23,24,26)/b15-9+. The minimum absolute atomic E-state index is 0.0367. The lowest BCUT2D eigenvalue weighted by Crippen LogP contribution is -2.13. The number of aromatic hydroxyl groups is 1. The van der Waals surface area contributed by atoms with Crippen LogP contribution in [0.3, 0.4) is 0 Å². The summed E-state index contributed by atoms with van der Waals surface area (Å²) in [6.07, 6.45) is 3.90. The number of amides is 1. The molecule has 0 aliphatic heterocycles. The van der Waals surface area contributed by atoms with Crippen LogP contribution >= 0.6 is 27.3 Å². The van der Waals surface area contributed by atoms with Gasteiger partial charge in [-0.2, -0.15) is 5.26 Å². The minimum Gasteiger partial charge on any atom is -0.508 e. The Morgan fingerprint density at radius 1 is 1.22 bits per heavy atom. The Balaban J connectivity index is 1.68. The molecule has 7 heteroatoms. The molecule has 0 atom stereocenters. The van der Waals surface area contributed by atoms with Gasteiger partial charge in [-0.1, -0.05) is 40.2 Å². The summed E-state index contributed by atoms with van der Waals surface area (Å²) in [5, 5.41) is 21.7. The van der Waals surface area contributed by atoms with E-state index in [2.05, 4.69) is 26.2 Å². The third-order valence-corrected chi connectivity index (χ3v) is 5.08. The molecule has 134 valence electrons. The van der Waals surface area contributed by atoms with Crippen molar-refractivity contribution in [3.05, 3.63) is 80.8 Å². The smallest absolute Gasteiger partial charge is 0.268 e. The molecule has 0 aliphatic carbocycles. The van der Waals surface area contributed by atoms with E-state index in [1.165, 1.54) is 29.5 Å². The summed E-state index contributed by atoms with van der Waals surface area (Å²) >= 11 is 4.78. The molecular formula is C20H14BrN3O2S. The summed E-state index contributed by atoms with van der Waals surface area (Å²) in [5.41, 5.74) is 1.75. The van der Waals surface area contributed by atoms with Crippen LogP contribution in [0.1, 0.15) is 16.0 Å². The molecule has 0 fully saturated rings. The van der Waals surface area contributed by atoms with Crippen LogP contribution in [0.15, 0.2) is 64.8 Å². The van der Waals surface area contributed by atoms with E-state index in [1.54, 1.807) is 18.3 Å². The molecule has 0 saturated heterocycles. The summed E-state index contributed by atoms with van der Waals surface area (Å²) in [5.74, 6) is -0.397. The van der Waals surface area contributed by atoms with E-state index in [1.807, 2.05) is 30.3 Å². The van der Waals surface area contributed by atoms with E-state index in [4.69, 9.17) is 0 Å². The number of rotatable bonds is 5. The highest BCUT2D eigenvalue weighted by molar-refractivity contribution is 9.10. The second kappa shape index (κ2) is 8.62. The predicted octanol–water partition coefficient (Wildman–Crippen LogP) is 4.75. The third-order valence-electron chi connectivity index (χ3n) is 3.63. The molecule has 0 spiro atoms. The lowest BCUT2D eigenvalue weighted by Gasteiger charge is -2.01. The lowest BCUT2D eigenvalue weighted by molar-refractivity contribution is -0.112. The maximum Gasteiger partial charge on any atom is 0.268 e. The van der Waals surface area contributed by atoms with E-state index >= 15 is 0 Å². The molecule has 3 aromatic rings. The summed E-state index contributed by atoms with van der Waals surface area (Å²) in [4.78, 5) is 17.6. The number of phenolic OH excluding ortho intramolecular Hbond substituents is 1.